The van der Waals surface area contributed by atoms with E-state index in [2.05, 4.69) is 14.7 Å². The molecule has 3 aromatic rings. The van der Waals surface area contributed by atoms with Crippen LogP contribution in [0.15, 0.2) is 32.3 Å². The Bertz CT molecular complexity index is 1490. The number of likely N-dealkylation sites (tertiary alicyclic amines) is 1. The van der Waals surface area contributed by atoms with Crippen molar-refractivity contribution in [1.29, 1.82) is 0 Å². The van der Waals surface area contributed by atoms with E-state index in [-0.39, 0.29) is 28.7 Å². The second-order valence-corrected chi connectivity index (χ2v) is 13.2. The summed E-state index contributed by atoms with van der Waals surface area (Å²) < 4.78 is 33.4. The summed E-state index contributed by atoms with van der Waals surface area (Å²) in [6, 6.07) is 1.41. The average molecular weight is 537 g/mol. The van der Waals surface area contributed by atoms with Crippen LogP contribution in [-0.4, -0.2) is 69.1 Å². The smallest absolute Gasteiger partial charge is 0.332 e. The number of piperidine rings is 1. The Morgan fingerprint density at radius 1 is 1.22 bits per heavy atom. The van der Waals surface area contributed by atoms with Gasteiger partial charge in [-0.1, -0.05) is 0 Å². The highest BCUT2D eigenvalue weighted by molar-refractivity contribution is 7.91. The Hall–Kier alpha value is -2.32. The molecule has 3 aromatic heterocycles. The molecule has 13 heteroatoms. The van der Waals surface area contributed by atoms with Crippen LogP contribution in [-0.2, 0) is 30.2 Å². The van der Waals surface area contributed by atoms with Crippen molar-refractivity contribution in [2.75, 3.05) is 26.2 Å². The molecule has 0 radical (unpaired) electrons. The first-order valence-corrected chi connectivity index (χ1v) is 14.5. The van der Waals surface area contributed by atoms with Crippen molar-refractivity contribution in [3.05, 3.63) is 44.9 Å². The van der Waals surface area contributed by atoms with Crippen molar-refractivity contribution in [1.82, 2.24) is 28.5 Å². The van der Waals surface area contributed by atoms with Crippen LogP contribution in [0.5, 0.6) is 0 Å². The fraction of sp³-hybridized carbons (Fsp3) is 0.609. The first-order chi connectivity index (χ1) is 17.1. The molecule has 196 valence electrons. The van der Waals surface area contributed by atoms with Crippen molar-refractivity contribution < 1.29 is 13.5 Å². The lowest BCUT2D eigenvalue weighted by atomic mass is 9.96. The fourth-order valence-electron chi connectivity index (χ4n) is 4.80. The highest BCUT2D eigenvalue weighted by Gasteiger charge is 2.42. The van der Waals surface area contributed by atoms with E-state index in [1.807, 2.05) is 6.92 Å². The number of rotatable bonds is 9. The molecule has 0 atom stereocenters. The van der Waals surface area contributed by atoms with E-state index in [0.29, 0.717) is 23.5 Å². The van der Waals surface area contributed by atoms with Gasteiger partial charge in [-0.15, -0.1) is 11.3 Å². The zero-order chi connectivity index (χ0) is 25.7. The van der Waals surface area contributed by atoms with Crippen molar-refractivity contribution in [3.8, 4) is 0 Å². The minimum atomic E-state index is -3.82. The van der Waals surface area contributed by atoms with Gasteiger partial charge in [-0.3, -0.25) is 18.6 Å². The number of β-amino-alcohol motifs (C(OH)–C–C–N with tert-alkyl or cyclic N) is 1. The molecule has 0 amide bonds. The number of aromatic nitrogens is 4. The Balaban J connectivity index is 1.56. The van der Waals surface area contributed by atoms with Crippen LogP contribution in [0.1, 0.15) is 38.2 Å². The van der Waals surface area contributed by atoms with E-state index < -0.39 is 26.8 Å². The molecule has 0 bridgehead atoms. The summed E-state index contributed by atoms with van der Waals surface area (Å²) in [5.74, 6) is 0.204. The number of fused-ring (bicyclic) bond motifs is 1. The van der Waals surface area contributed by atoms with Gasteiger partial charge in [0, 0.05) is 37.4 Å². The number of hydrogen-bond donors (Lipinski definition) is 2. The summed E-state index contributed by atoms with van der Waals surface area (Å²) in [7, 11) is -2.05. The topological polar surface area (TPSA) is 131 Å². The standard InChI is InChI=1S/C23H32N6O5S2/c1-23(5-6-23)25-36(33,34)19-11-18-20(31)28(15-17-12-24-26(2)13-17)22(32)29(21(18)35-19)14-16-3-7-27(8-4-16)9-10-30/h11-13,16,25,30H,3-10,14-15H2,1-2H3. The Morgan fingerprint density at radius 2 is 1.94 bits per heavy atom. The van der Waals surface area contributed by atoms with Gasteiger partial charge in [-0.05, 0) is 57.7 Å². The van der Waals surface area contributed by atoms with Gasteiger partial charge < -0.3 is 10.0 Å². The largest absolute Gasteiger partial charge is 0.395 e. The van der Waals surface area contributed by atoms with E-state index in [9.17, 15) is 23.1 Å². The molecule has 1 saturated heterocycles. The van der Waals surface area contributed by atoms with E-state index in [1.165, 1.54) is 10.6 Å². The molecule has 5 rings (SSSR count). The van der Waals surface area contributed by atoms with Gasteiger partial charge in [0.15, 0.2) is 0 Å². The van der Waals surface area contributed by atoms with E-state index >= 15 is 0 Å². The lowest BCUT2D eigenvalue weighted by Crippen LogP contribution is -2.42. The van der Waals surface area contributed by atoms with E-state index in [0.717, 1.165) is 50.1 Å². The highest BCUT2D eigenvalue weighted by Crippen LogP contribution is 2.37. The fourth-order valence-corrected chi connectivity index (χ4v) is 7.72. The molecular weight excluding hydrogens is 504 g/mol. The van der Waals surface area contributed by atoms with Crippen LogP contribution in [0.4, 0.5) is 0 Å². The molecule has 1 aliphatic carbocycles. The van der Waals surface area contributed by atoms with Crippen LogP contribution in [0.2, 0.25) is 0 Å². The molecule has 0 aromatic carbocycles. The molecule has 1 aliphatic heterocycles. The molecule has 11 nitrogen and oxygen atoms in total. The predicted molar refractivity (Wildman–Crippen MR) is 137 cm³/mol. The van der Waals surface area contributed by atoms with Gasteiger partial charge in [0.05, 0.1) is 24.7 Å². The summed E-state index contributed by atoms with van der Waals surface area (Å²) in [6.07, 6.45) is 6.61. The number of sulfonamides is 1. The number of nitrogens with zero attached hydrogens (tertiary/aromatic N) is 5. The predicted octanol–water partition coefficient (Wildman–Crippen LogP) is 0.542. The molecular formula is C23H32N6O5S2. The van der Waals surface area contributed by atoms with Crippen LogP contribution in [0.3, 0.4) is 0 Å². The minimum Gasteiger partial charge on any atom is -0.395 e. The van der Waals surface area contributed by atoms with Crippen LogP contribution in [0.25, 0.3) is 10.2 Å². The first kappa shape index (κ1) is 25.3. The Labute approximate surface area is 213 Å². The zero-order valence-corrected chi connectivity index (χ0v) is 22.1. The number of aliphatic hydroxyl groups excluding tert-OH is 1. The minimum absolute atomic E-state index is 0.0489. The van der Waals surface area contributed by atoms with Gasteiger partial charge >= 0.3 is 5.69 Å². The monoisotopic (exact) mass is 536 g/mol. The van der Waals surface area contributed by atoms with E-state index in [1.54, 1.807) is 28.7 Å². The van der Waals surface area contributed by atoms with Crippen molar-refractivity contribution in [2.24, 2.45) is 13.0 Å². The van der Waals surface area contributed by atoms with Crippen molar-refractivity contribution in [3.63, 3.8) is 0 Å². The molecule has 2 N–H and O–H groups in total. The van der Waals surface area contributed by atoms with Crippen LogP contribution < -0.4 is 16.0 Å². The summed E-state index contributed by atoms with van der Waals surface area (Å²) in [5, 5.41) is 13.6. The van der Waals surface area contributed by atoms with E-state index in [4.69, 9.17) is 0 Å². The van der Waals surface area contributed by atoms with Crippen molar-refractivity contribution in [2.45, 2.75) is 55.4 Å². The number of aliphatic hydroxyl groups is 1. The average Bonchev–Trinajstić information content (AvgIpc) is 3.20. The first-order valence-electron chi connectivity index (χ1n) is 12.2. The second-order valence-electron chi connectivity index (χ2n) is 10.3. The molecule has 4 heterocycles. The van der Waals surface area contributed by atoms with Crippen LogP contribution >= 0.6 is 11.3 Å². The van der Waals surface area contributed by atoms with Gasteiger partial charge in [-0.2, -0.15) is 5.10 Å². The maximum atomic E-state index is 13.7. The quantitative estimate of drug-likeness (QED) is 0.408. The SMILES string of the molecule is Cn1cc(Cn2c(=O)c3cc(S(=O)(=O)NC4(C)CC4)sc3n(CC3CCN(CCO)CC3)c2=O)cn1. The number of nitrogens with one attached hydrogen (secondary N) is 1. The third kappa shape index (κ3) is 5.07. The number of aryl methyl sites for hydroxylation is 1. The maximum absolute atomic E-state index is 13.7. The maximum Gasteiger partial charge on any atom is 0.332 e. The summed E-state index contributed by atoms with van der Waals surface area (Å²) in [6.45, 7) is 4.72. The van der Waals surface area contributed by atoms with Crippen molar-refractivity contribution >= 4 is 31.6 Å². The summed E-state index contributed by atoms with van der Waals surface area (Å²) in [5.41, 5.74) is -0.672. The highest BCUT2D eigenvalue weighted by atomic mass is 32.2. The third-order valence-electron chi connectivity index (χ3n) is 7.18. The number of hydrogen-bond acceptors (Lipinski definition) is 8. The van der Waals surface area contributed by atoms with Gasteiger partial charge in [0.1, 0.15) is 9.04 Å². The lowest BCUT2D eigenvalue weighted by Gasteiger charge is -2.31. The summed E-state index contributed by atoms with van der Waals surface area (Å²) >= 11 is 0.983. The Kier molecular flexibility index (Phi) is 6.70. The lowest BCUT2D eigenvalue weighted by molar-refractivity contribution is 0.141. The van der Waals surface area contributed by atoms with Gasteiger partial charge in [-0.25, -0.2) is 17.9 Å². The Morgan fingerprint density at radius 3 is 2.56 bits per heavy atom. The van der Waals surface area contributed by atoms with Gasteiger partial charge in [0.25, 0.3) is 15.6 Å². The molecule has 36 heavy (non-hydrogen) atoms. The molecule has 0 unspecified atom stereocenters. The van der Waals surface area contributed by atoms with Gasteiger partial charge in [0.2, 0.25) is 0 Å². The molecule has 1 saturated carbocycles. The number of thiophene rings is 1. The zero-order valence-electron chi connectivity index (χ0n) is 20.5. The summed E-state index contributed by atoms with van der Waals surface area (Å²) in [4.78, 5) is 29.7. The molecule has 2 aliphatic rings. The molecule has 2 fully saturated rings. The third-order valence-corrected chi connectivity index (χ3v) is 10.5. The normalized spacial score (nSPS) is 18.8. The second kappa shape index (κ2) is 9.53. The molecule has 0 spiro atoms. The van der Waals surface area contributed by atoms with Crippen LogP contribution in [0, 0.1) is 5.92 Å².